The van der Waals surface area contributed by atoms with E-state index in [2.05, 4.69) is 75.3 Å². The van der Waals surface area contributed by atoms with Crippen molar-refractivity contribution in [3.8, 4) is 22.4 Å². The van der Waals surface area contributed by atoms with Crippen LogP contribution in [0.15, 0.2) is 53.1 Å². The van der Waals surface area contributed by atoms with E-state index in [0.29, 0.717) is 10.9 Å². The summed E-state index contributed by atoms with van der Waals surface area (Å²) in [5.74, 6) is 2.00. The average Bonchev–Trinajstić information content (AvgIpc) is 3.42. The number of H-pyrrole nitrogens is 2. The summed E-state index contributed by atoms with van der Waals surface area (Å²) in [6, 6.07) is 16.4. The highest BCUT2D eigenvalue weighted by atomic mass is 79.9. The molecule has 0 bridgehead atoms. The molecule has 1 aliphatic carbocycles. The average molecular weight is 788 g/mol. The van der Waals surface area contributed by atoms with Crippen LogP contribution in [-0.4, -0.2) is 65.2 Å². The van der Waals surface area contributed by atoms with E-state index in [4.69, 9.17) is 31.0 Å². The fourth-order valence-electron chi connectivity index (χ4n) is 7.90. The summed E-state index contributed by atoms with van der Waals surface area (Å²) in [5.41, 5.74) is 4.33. The lowest BCUT2D eigenvalue weighted by Gasteiger charge is -2.30. The van der Waals surface area contributed by atoms with Crippen LogP contribution in [0.1, 0.15) is 97.9 Å². The number of hydrogen-bond donors (Lipinski definition) is 2. The lowest BCUT2D eigenvalue weighted by Crippen LogP contribution is -2.40. The van der Waals surface area contributed by atoms with Gasteiger partial charge in [-0.3, -0.25) is 9.80 Å². The van der Waals surface area contributed by atoms with Crippen molar-refractivity contribution in [1.82, 2.24) is 29.7 Å². The zero-order chi connectivity index (χ0) is 36.9. The first-order valence-electron chi connectivity index (χ1n) is 18.1. The van der Waals surface area contributed by atoms with E-state index in [1.807, 2.05) is 57.4 Å². The molecule has 1 saturated carbocycles. The number of fused-ring (bicyclic) bond motifs is 4. The number of rotatable bonds is 4. The molecule has 5 aromatic rings. The van der Waals surface area contributed by atoms with E-state index in [9.17, 15) is 9.59 Å². The second kappa shape index (κ2) is 12.5. The minimum Gasteiger partial charge on any atom is -0.444 e. The maximum atomic E-state index is 13.2. The van der Waals surface area contributed by atoms with E-state index in [1.165, 1.54) is 0 Å². The molecule has 5 atom stereocenters. The van der Waals surface area contributed by atoms with Crippen molar-refractivity contribution >= 4 is 61.5 Å². The topological polar surface area (TPSA) is 116 Å². The Morgan fingerprint density at radius 1 is 0.788 bits per heavy atom. The zero-order valence-corrected chi connectivity index (χ0v) is 32.9. The van der Waals surface area contributed by atoms with Gasteiger partial charge >= 0.3 is 12.2 Å². The molecule has 2 saturated heterocycles. The molecule has 2 aliphatic heterocycles. The predicted octanol–water partition coefficient (Wildman–Crippen LogP) is 10.7. The number of amides is 2. The molecule has 2 N–H and O–H groups in total. The fraction of sp³-hybridized carbons (Fsp3) is 0.450. The van der Waals surface area contributed by atoms with Crippen molar-refractivity contribution in [1.29, 1.82) is 0 Å². The van der Waals surface area contributed by atoms with E-state index < -0.39 is 11.2 Å². The molecule has 3 fully saturated rings. The molecule has 10 nitrogen and oxygen atoms in total. The molecule has 0 radical (unpaired) electrons. The lowest BCUT2D eigenvalue weighted by molar-refractivity contribution is 0.0147. The first kappa shape index (κ1) is 35.0. The summed E-state index contributed by atoms with van der Waals surface area (Å²) in [6.07, 6.45) is 2.97. The molecule has 12 heteroatoms. The Morgan fingerprint density at radius 3 is 2.12 bits per heavy atom. The number of aromatic amines is 2. The third-order valence-corrected chi connectivity index (χ3v) is 11.2. The highest BCUT2D eigenvalue weighted by Gasteiger charge is 2.56. The largest absolute Gasteiger partial charge is 0.444 e. The zero-order valence-electron chi connectivity index (χ0n) is 30.5. The maximum absolute atomic E-state index is 13.2. The Morgan fingerprint density at radius 2 is 1.42 bits per heavy atom. The SMILES string of the molecule is C[C@@H]1CC[C@@H](c2nc3c(cc(Cl)c4cc(-c5ccc(-c6nc([C@@H]7C[C@H]8C[C@H]8N7C(=O)OC(C)(C)C)[nH]c6Br)cc5)ccc43)[nH]2)N1C(=O)OC(C)(C)C. The van der Waals surface area contributed by atoms with Gasteiger partial charge in [-0.05, 0) is 119 Å². The summed E-state index contributed by atoms with van der Waals surface area (Å²) in [5, 5.41) is 2.47. The molecule has 2 amide bonds. The number of halogens is 2. The molecule has 0 spiro atoms. The Hall–Kier alpha value is -4.09. The Kier molecular flexibility index (Phi) is 8.41. The van der Waals surface area contributed by atoms with Gasteiger partial charge in [-0.1, -0.05) is 48.0 Å². The van der Waals surface area contributed by atoms with Gasteiger partial charge in [0.15, 0.2) is 0 Å². The number of benzene rings is 3. The molecule has 3 aromatic carbocycles. The van der Waals surface area contributed by atoms with Crippen LogP contribution in [0.3, 0.4) is 0 Å². The van der Waals surface area contributed by atoms with Gasteiger partial charge in [-0.2, -0.15) is 0 Å². The van der Waals surface area contributed by atoms with Crippen molar-refractivity contribution in [2.45, 2.75) is 110 Å². The number of carbonyl (C=O) groups is 2. The van der Waals surface area contributed by atoms with Gasteiger partial charge < -0.3 is 19.4 Å². The van der Waals surface area contributed by atoms with Crippen LogP contribution >= 0.6 is 27.5 Å². The number of nitrogens with zero attached hydrogens (tertiary/aromatic N) is 4. The minimum absolute atomic E-state index is 0.0471. The summed E-state index contributed by atoms with van der Waals surface area (Å²) in [6.45, 7) is 13.4. The molecule has 8 rings (SSSR count). The number of aromatic nitrogens is 4. The van der Waals surface area contributed by atoms with Crippen LogP contribution in [0.2, 0.25) is 5.02 Å². The highest BCUT2D eigenvalue weighted by molar-refractivity contribution is 9.10. The monoisotopic (exact) mass is 786 g/mol. The third kappa shape index (κ3) is 6.44. The standard InChI is InChI=1S/C40H44BrClN6O4/c1-20-8-15-29(47(20)37(49)51-39(2,3)4)35-43-28-19-27(42)26-16-23(13-14-25(26)33(28)45-35)21-9-11-22(12-10-21)32-34(41)46-36(44-32)31-18-24-17-30(24)48(31)38(50)52-40(5,6)7/h9-14,16,19-20,24,29-31H,8,15,17-18H2,1-7H3,(H,43,45)(H,44,46)/t20-,24-,29+,30-,31+/m1/s1. The van der Waals surface area contributed by atoms with Crippen molar-refractivity contribution in [2.24, 2.45) is 5.92 Å². The highest BCUT2D eigenvalue weighted by Crippen LogP contribution is 2.54. The molecule has 3 aliphatic rings. The molecular formula is C40H44BrClN6O4. The number of carbonyl (C=O) groups excluding carboxylic acids is 2. The summed E-state index contributed by atoms with van der Waals surface area (Å²) >= 11 is 10.6. The number of ether oxygens (including phenoxy) is 2. The van der Waals surface area contributed by atoms with Gasteiger partial charge in [-0.25, -0.2) is 19.6 Å². The smallest absolute Gasteiger partial charge is 0.411 e. The molecule has 0 unspecified atom stereocenters. The van der Waals surface area contributed by atoms with E-state index in [0.717, 1.165) is 86.1 Å². The maximum Gasteiger partial charge on any atom is 0.411 e. The molecule has 2 aromatic heterocycles. The quantitative estimate of drug-likeness (QED) is 0.187. The van der Waals surface area contributed by atoms with E-state index in [1.54, 1.807) is 0 Å². The van der Waals surface area contributed by atoms with Crippen molar-refractivity contribution in [2.75, 3.05) is 0 Å². The van der Waals surface area contributed by atoms with Gasteiger partial charge in [0.1, 0.15) is 33.1 Å². The second-order valence-electron chi connectivity index (χ2n) is 16.5. The van der Waals surface area contributed by atoms with Gasteiger partial charge in [0.2, 0.25) is 0 Å². The van der Waals surface area contributed by atoms with Gasteiger partial charge in [-0.15, -0.1) is 0 Å². The molecule has 4 heterocycles. The van der Waals surface area contributed by atoms with Crippen LogP contribution in [0.25, 0.3) is 44.2 Å². The van der Waals surface area contributed by atoms with Crippen LogP contribution in [0.4, 0.5) is 9.59 Å². The third-order valence-electron chi connectivity index (χ3n) is 10.3. The number of imidazole rings is 2. The van der Waals surface area contributed by atoms with Crippen molar-refractivity contribution < 1.29 is 19.1 Å². The van der Waals surface area contributed by atoms with Gasteiger partial charge in [0, 0.05) is 28.4 Å². The van der Waals surface area contributed by atoms with Gasteiger partial charge in [0.25, 0.3) is 0 Å². The summed E-state index contributed by atoms with van der Waals surface area (Å²) in [7, 11) is 0. The second-order valence-corrected chi connectivity index (χ2v) is 17.7. The van der Waals surface area contributed by atoms with Crippen LogP contribution in [0, 0.1) is 5.92 Å². The van der Waals surface area contributed by atoms with E-state index >= 15 is 0 Å². The van der Waals surface area contributed by atoms with E-state index in [-0.39, 0.29) is 36.4 Å². The molecule has 272 valence electrons. The normalized spacial score (nSPS) is 23.1. The van der Waals surface area contributed by atoms with Crippen LogP contribution in [-0.2, 0) is 9.47 Å². The Balaban J connectivity index is 1.04. The Bertz CT molecular complexity index is 2220. The minimum atomic E-state index is -0.582. The molecular weight excluding hydrogens is 744 g/mol. The lowest BCUT2D eigenvalue weighted by atomic mass is 9.99. The van der Waals surface area contributed by atoms with Crippen molar-refractivity contribution in [3.63, 3.8) is 0 Å². The summed E-state index contributed by atoms with van der Waals surface area (Å²) in [4.78, 5) is 46.9. The van der Waals surface area contributed by atoms with Gasteiger partial charge in [0.05, 0.1) is 28.1 Å². The van der Waals surface area contributed by atoms with Crippen LogP contribution < -0.4 is 0 Å². The Labute approximate surface area is 316 Å². The molecule has 52 heavy (non-hydrogen) atoms. The summed E-state index contributed by atoms with van der Waals surface area (Å²) < 4.78 is 12.3. The van der Waals surface area contributed by atoms with Crippen LogP contribution in [0.5, 0.6) is 0 Å². The first-order valence-corrected chi connectivity index (χ1v) is 19.2. The number of piperidine rings is 1. The first-order chi connectivity index (χ1) is 24.5. The predicted molar refractivity (Wildman–Crippen MR) is 206 cm³/mol. The number of nitrogens with one attached hydrogen (secondary N) is 2. The number of likely N-dealkylation sites (tertiary alicyclic amines) is 2. The van der Waals surface area contributed by atoms with Crippen molar-refractivity contribution in [3.05, 3.63) is 69.8 Å². The fourth-order valence-corrected chi connectivity index (χ4v) is 8.68. The number of hydrogen-bond acceptors (Lipinski definition) is 6.